The molecular weight excluding hydrogens is 308 g/mol. The molecule has 1 aliphatic heterocycles. The van der Waals surface area contributed by atoms with E-state index in [2.05, 4.69) is 5.32 Å². The molecule has 1 aromatic carbocycles. The summed E-state index contributed by atoms with van der Waals surface area (Å²) in [7, 11) is 0. The highest BCUT2D eigenvalue weighted by Gasteiger charge is 2.21. The number of benzene rings is 1. The molecule has 0 aromatic heterocycles. The van der Waals surface area contributed by atoms with E-state index in [1.54, 1.807) is 11.0 Å². The van der Waals surface area contributed by atoms with Gasteiger partial charge in [0.15, 0.2) is 0 Å². The van der Waals surface area contributed by atoms with Gasteiger partial charge in [0.25, 0.3) is 0 Å². The molecule has 0 radical (unpaired) electrons. The molecule has 1 fully saturated rings. The van der Waals surface area contributed by atoms with Crippen molar-refractivity contribution in [2.24, 2.45) is 0 Å². The van der Waals surface area contributed by atoms with Crippen LogP contribution in [0.1, 0.15) is 33.1 Å². The zero-order valence-electron chi connectivity index (χ0n) is 14.4. The lowest BCUT2D eigenvalue weighted by Crippen LogP contribution is -2.37. The van der Waals surface area contributed by atoms with Crippen LogP contribution in [-0.4, -0.2) is 49.1 Å². The first-order valence-corrected chi connectivity index (χ1v) is 8.49. The van der Waals surface area contributed by atoms with Crippen molar-refractivity contribution in [3.63, 3.8) is 0 Å². The van der Waals surface area contributed by atoms with Crippen LogP contribution in [0.5, 0.6) is 5.75 Å². The molecule has 2 rings (SSSR count). The fourth-order valence-electron chi connectivity index (χ4n) is 2.71. The van der Waals surface area contributed by atoms with E-state index < -0.39 is 0 Å². The van der Waals surface area contributed by atoms with Gasteiger partial charge < -0.3 is 19.7 Å². The molecule has 2 amide bonds. The van der Waals surface area contributed by atoms with Crippen molar-refractivity contribution in [1.29, 1.82) is 0 Å². The van der Waals surface area contributed by atoms with Crippen LogP contribution in [0.3, 0.4) is 0 Å². The number of nitrogens with zero attached hydrogens (tertiary/aromatic N) is 1. The smallest absolute Gasteiger partial charge is 0.226 e. The van der Waals surface area contributed by atoms with E-state index in [4.69, 9.17) is 9.47 Å². The van der Waals surface area contributed by atoms with Gasteiger partial charge in [-0.05, 0) is 31.9 Å². The average molecular weight is 334 g/mol. The van der Waals surface area contributed by atoms with Gasteiger partial charge in [-0.15, -0.1) is 0 Å². The second kappa shape index (κ2) is 9.27. The molecule has 0 spiro atoms. The highest BCUT2D eigenvalue weighted by molar-refractivity contribution is 5.92. The number of para-hydroxylation sites is 2. The van der Waals surface area contributed by atoms with E-state index in [0.29, 0.717) is 31.1 Å². The Morgan fingerprint density at radius 2 is 2.17 bits per heavy atom. The van der Waals surface area contributed by atoms with E-state index >= 15 is 0 Å². The molecule has 1 atom stereocenters. The third-order valence-corrected chi connectivity index (χ3v) is 3.96. The highest BCUT2D eigenvalue weighted by Crippen LogP contribution is 2.23. The first-order chi connectivity index (χ1) is 11.6. The predicted octanol–water partition coefficient (Wildman–Crippen LogP) is 2.44. The van der Waals surface area contributed by atoms with Crippen molar-refractivity contribution < 1.29 is 19.1 Å². The number of carbonyl (C=O) groups excluding carboxylic acids is 2. The number of carbonyl (C=O) groups is 2. The number of nitrogens with one attached hydrogen (secondary N) is 1. The number of ether oxygens (including phenoxy) is 2. The van der Waals surface area contributed by atoms with Crippen LogP contribution < -0.4 is 10.1 Å². The summed E-state index contributed by atoms with van der Waals surface area (Å²) < 4.78 is 11.1. The first kappa shape index (κ1) is 18.3. The first-order valence-electron chi connectivity index (χ1n) is 8.49. The molecular formula is C18H26N2O4. The molecule has 1 aromatic rings. The molecule has 1 aliphatic rings. The maximum Gasteiger partial charge on any atom is 0.226 e. The third kappa shape index (κ3) is 5.53. The second-order valence-electron chi connectivity index (χ2n) is 5.83. The Morgan fingerprint density at radius 3 is 2.83 bits per heavy atom. The Labute approximate surface area is 143 Å². The van der Waals surface area contributed by atoms with Crippen LogP contribution in [0.25, 0.3) is 0 Å². The average Bonchev–Trinajstić information content (AvgIpc) is 3.06. The van der Waals surface area contributed by atoms with E-state index in [1.807, 2.05) is 25.1 Å². The van der Waals surface area contributed by atoms with Gasteiger partial charge in [-0.1, -0.05) is 12.1 Å². The number of hydrogen-bond donors (Lipinski definition) is 1. The van der Waals surface area contributed by atoms with Gasteiger partial charge in [-0.2, -0.15) is 0 Å². The molecule has 0 bridgehead atoms. The van der Waals surface area contributed by atoms with Crippen molar-refractivity contribution >= 4 is 17.5 Å². The van der Waals surface area contributed by atoms with Crippen LogP contribution in [0.2, 0.25) is 0 Å². The fraction of sp³-hybridized carbons (Fsp3) is 0.556. The number of hydrogen-bond acceptors (Lipinski definition) is 4. The lowest BCUT2D eigenvalue weighted by atomic mass is 10.2. The minimum atomic E-state index is -0.138. The second-order valence-corrected chi connectivity index (χ2v) is 5.83. The van der Waals surface area contributed by atoms with Gasteiger partial charge in [0.05, 0.1) is 18.4 Å². The molecule has 1 saturated heterocycles. The molecule has 132 valence electrons. The maximum absolute atomic E-state index is 12.2. The van der Waals surface area contributed by atoms with Crippen molar-refractivity contribution in [1.82, 2.24) is 4.90 Å². The summed E-state index contributed by atoms with van der Waals surface area (Å²) in [5.74, 6) is 0.477. The third-order valence-electron chi connectivity index (χ3n) is 3.96. The van der Waals surface area contributed by atoms with Crippen molar-refractivity contribution in [3.8, 4) is 5.75 Å². The van der Waals surface area contributed by atoms with Crippen molar-refractivity contribution in [3.05, 3.63) is 24.3 Å². The maximum atomic E-state index is 12.2. The Kier molecular flexibility index (Phi) is 7.06. The summed E-state index contributed by atoms with van der Waals surface area (Å²) in [5.41, 5.74) is 0.651. The lowest BCUT2D eigenvalue weighted by Gasteiger charge is -2.24. The van der Waals surface area contributed by atoms with Gasteiger partial charge in [-0.3, -0.25) is 9.59 Å². The Bertz CT molecular complexity index is 556. The Morgan fingerprint density at radius 1 is 1.38 bits per heavy atom. The standard InChI is InChI=1S/C18H26N2O4/c1-3-23-17-9-5-4-8-16(17)19-18(22)10-11-20(14(2)21)13-15-7-6-12-24-15/h4-5,8-9,15H,3,6-7,10-13H2,1-2H3,(H,19,22). The molecule has 1 heterocycles. The zero-order chi connectivity index (χ0) is 17.4. The molecule has 0 saturated carbocycles. The van der Waals surface area contributed by atoms with Crippen molar-refractivity contribution in [2.75, 3.05) is 31.6 Å². The molecule has 1 N–H and O–H groups in total. The van der Waals surface area contributed by atoms with Crippen LogP contribution in [0.4, 0.5) is 5.69 Å². The summed E-state index contributed by atoms with van der Waals surface area (Å²) in [4.78, 5) is 25.6. The quantitative estimate of drug-likeness (QED) is 0.793. The van der Waals surface area contributed by atoms with E-state index in [9.17, 15) is 9.59 Å². The van der Waals surface area contributed by atoms with E-state index in [0.717, 1.165) is 19.4 Å². The van der Waals surface area contributed by atoms with E-state index in [1.165, 1.54) is 6.92 Å². The summed E-state index contributed by atoms with van der Waals surface area (Å²) in [6.07, 6.45) is 2.34. The number of amides is 2. The van der Waals surface area contributed by atoms with Crippen molar-refractivity contribution in [2.45, 2.75) is 39.2 Å². The highest BCUT2D eigenvalue weighted by atomic mass is 16.5. The molecule has 0 aliphatic carbocycles. The normalized spacial score (nSPS) is 16.7. The summed E-state index contributed by atoms with van der Waals surface area (Å²) in [5, 5.41) is 2.85. The van der Waals surface area contributed by atoms with Gasteiger partial charge in [0.1, 0.15) is 5.75 Å². The number of rotatable bonds is 8. The minimum Gasteiger partial charge on any atom is -0.492 e. The summed E-state index contributed by atoms with van der Waals surface area (Å²) >= 11 is 0. The monoisotopic (exact) mass is 334 g/mol. The van der Waals surface area contributed by atoms with Crippen LogP contribution >= 0.6 is 0 Å². The van der Waals surface area contributed by atoms with Gasteiger partial charge in [0, 0.05) is 33.0 Å². The number of anilines is 1. The Balaban J connectivity index is 1.85. The molecule has 1 unspecified atom stereocenters. The summed E-state index contributed by atoms with van der Waals surface area (Å²) in [6, 6.07) is 7.33. The Hall–Kier alpha value is -2.08. The van der Waals surface area contributed by atoms with Gasteiger partial charge in [0.2, 0.25) is 11.8 Å². The molecule has 6 heteroatoms. The SMILES string of the molecule is CCOc1ccccc1NC(=O)CCN(CC1CCCO1)C(C)=O. The van der Waals surface area contributed by atoms with E-state index in [-0.39, 0.29) is 24.3 Å². The summed E-state index contributed by atoms with van der Waals surface area (Å²) in [6.45, 7) is 5.65. The van der Waals surface area contributed by atoms with Crippen LogP contribution in [-0.2, 0) is 14.3 Å². The van der Waals surface area contributed by atoms with Crippen LogP contribution in [0, 0.1) is 0 Å². The molecule has 6 nitrogen and oxygen atoms in total. The predicted molar refractivity (Wildman–Crippen MR) is 92.1 cm³/mol. The van der Waals surface area contributed by atoms with Crippen LogP contribution in [0.15, 0.2) is 24.3 Å². The van der Waals surface area contributed by atoms with Gasteiger partial charge >= 0.3 is 0 Å². The minimum absolute atomic E-state index is 0.0342. The largest absolute Gasteiger partial charge is 0.492 e. The molecule has 24 heavy (non-hydrogen) atoms. The fourth-order valence-corrected chi connectivity index (χ4v) is 2.71. The lowest BCUT2D eigenvalue weighted by molar-refractivity contribution is -0.130. The van der Waals surface area contributed by atoms with Gasteiger partial charge in [-0.25, -0.2) is 0 Å². The topological polar surface area (TPSA) is 67.9 Å². The zero-order valence-corrected chi connectivity index (χ0v) is 14.4.